The Morgan fingerprint density at radius 1 is 1.53 bits per heavy atom. The van der Waals surface area contributed by atoms with Crippen LogP contribution in [0, 0.1) is 0 Å². The number of methoxy groups -OCH3 is 1. The highest BCUT2D eigenvalue weighted by Crippen LogP contribution is 2.22. The molecule has 0 aliphatic heterocycles. The molecule has 0 radical (unpaired) electrons. The summed E-state index contributed by atoms with van der Waals surface area (Å²) < 4.78 is 5.48. The van der Waals surface area contributed by atoms with Crippen molar-refractivity contribution in [2.75, 3.05) is 26.8 Å². The molecule has 0 bridgehead atoms. The number of amides is 1. The Bertz CT molecular complexity index is 472. The van der Waals surface area contributed by atoms with Gasteiger partial charge in [0.25, 0.3) is 0 Å². The van der Waals surface area contributed by atoms with Crippen molar-refractivity contribution in [2.45, 2.75) is 0 Å². The molecule has 104 valence electrons. The molecule has 0 fully saturated rings. The minimum Gasteiger partial charge on any atom is -0.480 e. The largest absolute Gasteiger partial charge is 0.480 e. The van der Waals surface area contributed by atoms with Gasteiger partial charge in [-0.25, -0.2) is 0 Å². The predicted molar refractivity (Wildman–Crippen MR) is 74.5 cm³/mol. The van der Waals surface area contributed by atoms with Gasteiger partial charge in [-0.15, -0.1) is 11.3 Å². The van der Waals surface area contributed by atoms with Crippen LogP contribution in [-0.2, 0) is 14.3 Å². The Balaban J connectivity index is 2.64. The lowest BCUT2D eigenvalue weighted by atomic mass is 10.3. The fourth-order valence-electron chi connectivity index (χ4n) is 1.31. The Morgan fingerprint density at radius 3 is 2.79 bits per heavy atom. The van der Waals surface area contributed by atoms with Crippen LogP contribution in [-0.4, -0.2) is 48.7 Å². The number of hydrogen-bond donors (Lipinski definition) is 1. The second-order valence-electron chi connectivity index (χ2n) is 3.62. The summed E-state index contributed by atoms with van der Waals surface area (Å²) in [5.74, 6) is -1.43. The number of ether oxygens (including phenoxy) is 1. The number of carboxylic acids is 1. The van der Waals surface area contributed by atoms with Crippen molar-refractivity contribution >= 4 is 40.9 Å². The summed E-state index contributed by atoms with van der Waals surface area (Å²) in [4.78, 5) is 24.6. The second kappa shape index (κ2) is 7.93. The summed E-state index contributed by atoms with van der Waals surface area (Å²) in [5.41, 5.74) is 0. The summed E-state index contributed by atoms with van der Waals surface area (Å²) >= 11 is 7.11. The van der Waals surface area contributed by atoms with Crippen LogP contribution in [0.2, 0.25) is 4.34 Å². The third-order valence-electron chi connectivity index (χ3n) is 2.19. The van der Waals surface area contributed by atoms with E-state index in [1.54, 1.807) is 18.2 Å². The fraction of sp³-hybridized carbons (Fsp3) is 0.333. The molecule has 0 saturated heterocycles. The van der Waals surface area contributed by atoms with Crippen LogP contribution in [0.25, 0.3) is 6.08 Å². The quantitative estimate of drug-likeness (QED) is 0.782. The summed E-state index contributed by atoms with van der Waals surface area (Å²) in [5, 5.41) is 8.75. The van der Waals surface area contributed by atoms with Crippen molar-refractivity contribution < 1.29 is 19.4 Å². The number of carboxylic acid groups (broad SMARTS) is 1. The van der Waals surface area contributed by atoms with Crippen LogP contribution < -0.4 is 0 Å². The van der Waals surface area contributed by atoms with Gasteiger partial charge < -0.3 is 14.7 Å². The molecular weight excluding hydrogens is 290 g/mol. The molecule has 5 nitrogen and oxygen atoms in total. The number of hydrogen-bond acceptors (Lipinski definition) is 4. The third kappa shape index (κ3) is 5.87. The lowest BCUT2D eigenvalue weighted by Gasteiger charge is -2.18. The van der Waals surface area contributed by atoms with E-state index in [9.17, 15) is 9.59 Å². The molecule has 19 heavy (non-hydrogen) atoms. The summed E-state index contributed by atoms with van der Waals surface area (Å²) in [6, 6.07) is 3.52. The summed E-state index contributed by atoms with van der Waals surface area (Å²) in [7, 11) is 1.49. The molecule has 0 unspecified atom stereocenters. The Labute approximate surface area is 120 Å². The van der Waals surface area contributed by atoms with Gasteiger partial charge in [-0.2, -0.15) is 0 Å². The van der Waals surface area contributed by atoms with Gasteiger partial charge in [-0.1, -0.05) is 11.6 Å². The molecule has 0 aromatic carbocycles. The smallest absolute Gasteiger partial charge is 0.323 e. The molecular formula is C12H14ClNO4S. The van der Waals surface area contributed by atoms with Gasteiger partial charge >= 0.3 is 5.97 Å². The molecule has 1 heterocycles. The molecule has 0 saturated carbocycles. The van der Waals surface area contributed by atoms with E-state index in [0.717, 1.165) is 4.88 Å². The number of aliphatic carboxylic acids is 1. The van der Waals surface area contributed by atoms with Crippen LogP contribution in [0.15, 0.2) is 18.2 Å². The number of thiophene rings is 1. The first-order valence-corrected chi connectivity index (χ1v) is 6.65. The van der Waals surface area contributed by atoms with Crippen LogP contribution in [0.5, 0.6) is 0 Å². The van der Waals surface area contributed by atoms with Crippen molar-refractivity contribution in [3.8, 4) is 0 Å². The van der Waals surface area contributed by atoms with Gasteiger partial charge in [0, 0.05) is 24.6 Å². The van der Waals surface area contributed by atoms with E-state index in [2.05, 4.69) is 0 Å². The number of carbonyl (C=O) groups is 2. The first kappa shape index (κ1) is 15.7. The predicted octanol–water partition coefficient (Wildman–Crippen LogP) is 1.97. The van der Waals surface area contributed by atoms with E-state index in [1.807, 2.05) is 0 Å². The second-order valence-corrected chi connectivity index (χ2v) is 5.37. The average Bonchev–Trinajstić information content (AvgIpc) is 2.77. The molecule has 1 N–H and O–H groups in total. The minimum absolute atomic E-state index is 0.233. The normalized spacial score (nSPS) is 10.8. The highest BCUT2D eigenvalue weighted by atomic mass is 35.5. The van der Waals surface area contributed by atoms with E-state index in [0.29, 0.717) is 4.34 Å². The molecule has 0 aliphatic carbocycles. The zero-order valence-corrected chi connectivity index (χ0v) is 11.9. The number of carbonyl (C=O) groups excluding carboxylic acids is 1. The maximum atomic E-state index is 11.9. The number of halogens is 1. The zero-order chi connectivity index (χ0) is 14.3. The summed E-state index contributed by atoms with van der Waals surface area (Å²) in [6.07, 6.45) is 2.95. The van der Waals surface area contributed by atoms with E-state index >= 15 is 0 Å². The van der Waals surface area contributed by atoms with Crippen LogP contribution >= 0.6 is 22.9 Å². The van der Waals surface area contributed by atoms with Gasteiger partial charge in [0.1, 0.15) is 6.54 Å². The van der Waals surface area contributed by atoms with E-state index < -0.39 is 5.97 Å². The average molecular weight is 304 g/mol. The van der Waals surface area contributed by atoms with Gasteiger partial charge in [0.05, 0.1) is 10.9 Å². The lowest BCUT2D eigenvalue weighted by Crippen LogP contribution is -2.36. The first-order valence-electron chi connectivity index (χ1n) is 5.46. The Kier molecular flexibility index (Phi) is 6.55. The van der Waals surface area contributed by atoms with Gasteiger partial charge in [0.2, 0.25) is 5.91 Å². The van der Waals surface area contributed by atoms with Crippen LogP contribution in [0.3, 0.4) is 0 Å². The molecule has 1 aromatic rings. The van der Waals surface area contributed by atoms with Gasteiger partial charge in [-0.05, 0) is 18.2 Å². The Hall–Kier alpha value is -1.37. The molecule has 1 aromatic heterocycles. The highest BCUT2D eigenvalue weighted by molar-refractivity contribution is 7.17. The molecule has 0 atom stereocenters. The SMILES string of the molecule is COCCN(CC(=O)O)C(=O)C=Cc1ccc(Cl)s1. The first-order chi connectivity index (χ1) is 9.02. The topological polar surface area (TPSA) is 66.8 Å². The highest BCUT2D eigenvalue weighted by Gasteiger charge is 2.13. The van der Waals surface area contributed by atoms with Gasteiger partial charge in [0.15, 0.2) is 0 Å². The van der Waals surface area contributed by atoms with Gasteiger partial charge in [-0.3, -0.25) is 9.59 Å². The fourth-order valence-corrected chi connectivity index (χ4v) is 2.27. The molecule has 1 amide bonds. The molecule has 0 spiro atoms. The van der Waals surface area contributed by atoms with E-state index in [4.69, 9.17) is 21.4 Å². The van der Waals surface area contributed by atoms with Crippen molar-refractivity contribution in [2.24, 2.45) is 0 Å². The lowest BCUT2D eigenvalue weighted by molar-refractivity contribution is -0.143. The molecule has 0 aliphatic rings. The monoisotopic (exact) mass is 303 g/mol. The van der Waals surface area contributed by atoms with Crippen LogP contribution in [0.4, 0.5) is 0 Å². The van der Waals surface area contributed by atoms with Crippen molar-refractivity contribution in [3.05, 3.63) is 27.4 Å². The zero-order valence-electron chi connectivity index (χ0n) is 10.3. The maximum Gasteiger partial charge on any atom is 0.323 e. The number of rotatable bonds is 7. The number of nitrogens with zero attached hydrogens (tertiary/aromatic N) is 1. The Morgan fingerprint density at radius 2 is 2.26 bits per heavy atom. The van der Waals surface area contributed by atoms with E-state index in [1.165, 1.54) is 29.4 Å². The standard InChI is InChI=1S/C12H14ClNO4S/c1-18-7-6-14(8-12(16)17)11(15)5-3-9-2-4-10(13)19-9/h2-5H,6-8H2,1H3,(H,16,17). The summed E-state index contributed by atoms with van der Waals surface area (Å²) in [6.45, 7) is 0.173. The maximum absolute atomic E-state index is 11.9. The van der Waals surface area contributed by atoms with Crippen molar-refractivity contribution in [3.63, 3.8) is 0 Å². The molecule has 1 rings (SSSR count). The third-order valence-corrected chi connectivity index (χ3v) is 3.38. The van der Waals surface area contributed by atoms with Crippen LogP contribution in [0.1, 0.15) is 4.88 Å². The van der Waals surface area contributed by atoms with Crippen molar-refractivity contribution in [1.29, 1.82) is 0 Å². The molecule has 7 heteroatoms. The van der Waals surface area contributed by atoms with E-state index in [-0.39, 0.29) is 25.6 Å². The minimum atomic E-state index is -1.06. The van der Waals surface area contributed by atoms with Crippen molar-refractivity contribution in [1.82, 2.24) is 4.90 Å².